The standard InChI is InChI=1S/C19H17N3O3/c1-12-5-3-8-16(9-12)20-18(23)14-6-4-7-15(11-14)19(24)21-17-10-13(2)25-22-17/h3-11H,1-2H3,(H,20,23)(H,21,22,24). The van der Waals surface area contributed by atoms with E-state index in [1.165, 1.54) is 6.07 Å². The van der Waals surface area contributed by atoms with Gasteiger partial charge >= 0.3 is 0 Å². The molecule has 0 bridgehead atoms. The zero-order valence-corrected chi connectivity index (χ0v) is 13.9. The summed E-state index contributed by atoms with van der Waals surface area (Å²) in [5, 5.41) is 9.16. The molecule has 0 saturated heterocycles. The number of nitrogens with zero attached hydrogens (tertiary/aromatic N) is 1. The lowest BCUT2D eigenvalue weighted by atomic mass is 10.1. The van der Waals surface area contributed by atoms with Crippen molar-refractivity contribution in [1.29, 1.82) is 0 Å². The molecule has 126 valence electrons. The lowest BCUT2D eigenvalue weighted by molar-refractivity contribution is 0.102. The fraction of sp³-hybridized carbons (Fsp3) is 0.105. The van der Waals surface area contributed by atoms with E-state index in [1.807, 2.05) is 31.2 Å². The lowest BCUT2D eigenvalue weighted by Crippen LogP contribution is -2.15. The second-order valence-electron chi connectivity index (χ2n) is 5.68. The van der Waals surface area contributed by atoms with E-state index in [9.17, 15) is 9.59 Å². The van der Waals surface area contributed by atoms with Gasteiger partial charge in [0.15, 0.2) is 5.82 Å². The van der Waals surface area contributed by atoms with E-state index in [2.05, 4.69) is 15.8 Å². The summed E-state index contributed by atoms with van der Waals surface area (Å²) in [6.45, 7) is 3.69. The highest BCUT2D eigenvalue weighted by molar-refractivity contribution is 6.08. The summed E-state index contributed by atoms with van der Waals surface area (Å²) in [5.74, 6) is 0.287. The third kappa shape index (κ3) is 4.11. The Kier molecular flexibility index (Phi) is 4.61. The number of nitrogens with one attached hydrogen (secondary N) is 2. The molecule has 0 radical (unpaired) electrons. The third-order valence-corrected chi connectivity index (χ3v) is 3.53. The highest BCUT2D eigenvalue weighted by atomic mass is 16.5. The van der Waals surface area contributed by atoms with Crippen LogP contribution in [0.1, 0.15) is 32.0 Å². The summed E-state index contributed by atoms with van der Waals surface area (Å²) in [6, 6.07) is 15.6. The van der Waals surface area contributed by atoms with Crippen LogP contribution in [0, 0.1) is 13.8 Å². The van der Waals surface area contributed by atoms with Gasteiger partial charge < -0.3 is 15.2 Å². The molecule has 0 aliphatic carbocycles. The van der Waals surface area contributed by atoms with Gasteiger partial charge in [0.2, 0.25) is 0 Å². The topological polar surface area (TPSA) is 84.2 Å². The number of anilines is 2. The smallest absolute Gasteiger partial charge is 0.256 e. The van der Waals surface area contributed by atoms with Crippen LogP contribution >= 0.6 is 0 Å². The van der Waals surface area contributed by atoms with Gasteiger partial charge in [-0.2, -0.15) is 0 Å². The predicted octanol–water partition coefficient (Wildman–Crippen LogP) is 3.80. The molecule has 0 spiro atoms. The molecule has 6 heteroatoms. The summed E-state index contributed by atoms with van der Waals surface area (Å²) in [4.78, 5) is 24.7. The minimum absolute atomic E-state index is 0.280. The maximum absolute atomic E-state index is 12.4. The van der Waals surface area contributed by atoms with Crippen LogP contribution in [0.25, 0.3) is 0 Å². The summed E-state index contributed by atoms with van der Waals surface area (Å²) < 4.78 is 4.91. The summed E-state index contributed by atoms with van der Waals surface area (Å²) in [7, 11) is 0. The van der Waals surface area contributed by atoms with E-state index in [0.717, 1.165) is 5.56 Å². The van der Waals surface area contributed by atoms with Gasteiger partial charge in [0.1, 0.15) is 5.76 Å². The van der Waals surface area contributed by atoms with Crippen LogP contribution in [-0.4, -0.2) is 17.0 Å². The number of hydrogen-bond acceptors (Lipinski definition) is 4. The van der Waals surface area contributed by atoms with Crippen molar-refractivity contribution in [2.24, 2.45) is 0 Å². The normalized spacial score (nSPS) is 10.3. The molecule has 2 amide bonds. The summed E-state index contributed by atoms with van der Waals surface area (Å²) in [6.07, 6.45) is 0. The van der Waals surface area contributed by atoms with Crippen molar-refractivity contribution in [3.63, 3.8) is 0 Å². The maximum Gasteiger partial charge on any atom is 0.256 e. The number of rotatable bonds is 4. The molecular weight excluding hydrogens is 318 g/mol. The van der Waals surface area contributed by atoms with E-state index in [1.54, 1.807) is 31.2 Å². The van der Waals surface area contributed by atoms with Crippen molar-refractivity contribution in [2.75, 3.05) is 10.6 Å². The zero-order valence-electron chi connectivity index (χ0n) is 13.9. The van der Waals surface area contributed by atoms with Crippen LogP contribution in [0.15, 0.2) is 59.1 Å². The van der Waals surface area contributed by atoms with Gasteiger partial charge in [-0.1, -0.05) is 23.4 Å². The average Bonchev–Trinajstić information content (AvgIpc) is 3.00. The molecule has 0 fully saturated rings. The van der Waals surface area contributed by atoms with Crippen molar-refractivity contribution in [1.82, 2.24) is 5.16 Å². The summed E-state index contributed by atoms with van der Waals surface area (Å²) >= 11 is 0. The molecular formula is C19H17N3O3. The molecule has 0 atom stereocenters. The molecule has 2 aromatic carbocycles. The second kappa shape index (κ2) is 7.00. The number of benzene rings is 2. The van der Waals surface area contributed by atoms with Crippen molar-refractivity contribution in [3.8, 4) is 0 Å². The SMILES string of the molecule is Cc1cccc(NC(=O)c2cccc(C(=O)Nc3cc(C)on3)c2)c1. The molecule has 0 unspecified atom stereocenters. The Labute approximate surface area is 144 Å². The predicted molar refractivity (Wildman–Crippen MR) is 94.8 cm³/mol. The number of hydrogen-bond donors (Lipinski definition) is 2. The van der Waals surface area contributed by atoms with Gasteiger partial charge in [0.05, 0.1) is 0 Å². The highest BCUT2D eigenvalue weighted by Crippen LogP contribution is 2.14. The first-order chi connectivity index (χ1) is 12.0. The van der Waals surface area contributed by atoms with Crippen LogP contribution in [0.5, 0.6) is 0 Å². The molecule has 2 N–H and O–H groups in total. The van der Waals surface area contributed by atoms with Crippen LogP contribution in [-0.2, 0) is 0 Å². The van der Waals surface area contributed by atoms with Crippen molar-refractivity contribution < 1.29 is 14.1 Å². The molecule has 0 saturated carbocycles. The third-order valence-electron chi connectivity index (χ3n) is 3.53. The fourth-order valence-corrected chi connectivity index (χ4v) is 2.34. The first kappa shape index (κ1) is 16.4. The second-order valence-corrected chi connectivity index (χ2v) is 5.68. The number of amides is 2. The Bertz CT molecular complexity index is 931. The molecule has 6 nitrogen and oxygen atoms in total. The maximum atomic E-state index is 12.4. The van der Waals surface area contributed by atoms with E-state index >= 15 is 0 Å². The number of aromatic nitrogens is 1. The molecule has 1 heterocycles. The fourth-order valence-electron chi connectivity index (χ4n) is 2.34. The summed E-state index contributed by atoms with van der Waals surface area (Å²) in [5.41, 5.74) is 2.51. The van der Waals surface area contributed by atoms with Crippen molar-refractivity contribution in [2.45, 2.75) is 13.8 Å². The van der Waals surface area contributed by atoms with Gasteiger partial charge in [-0.15, -0.1) is 0 Å². The van der Waals surface area contributed by atoms with Gasteiger partial charge in [-0.05, 0) is 49.7 Å². The largest absolute Gasteiger partial charge is 0.360 e. The van der Waals surface area contributed by atoms with Gasteiger partial charge in [-0.25, -0.2) is 0 Å². The van der Waals surface area contributed by atoms with E-state index in [4.69, 9.17) is 4.52 Å². The monoisotopic (exact) mass is 335 g/mol. The minimum atomic E-state index is -0.362. The van der Waals surface area contributed by atoms with Crippen molar-refractivity contribution >= 4 is 23.3 Å². The van der Waals surface area contributed by atoms with Gasteiger partial charge in [-0.3, -0.25) is 9.59 Å². The molecule has 0 aliphatic heterocycles. The molecule has 3 aromatic rings. The van der Waals surface area contributed by atoms with Crippen LogP contribution in [0.2, 0.25) is 0 Å². The Balaban J connectivity index is 1.74. The van der Waals surface area contributed by atoms with Crippen LogP contribution in [0.4, 0.5) is 11.5 Å². The van der Waals surface area contributed by atoms with Crippen LogP contribution in [0.3, 0.4) is 0 Å². The molecule has 0 aliphatic rings. The first-order valence-corrected chi connectivity index (χ1v) is 7.74. The molecule has 1 aromatic heterocycles. The highest BCUT2D eigenvalue weighted by Gasteiger charge is 2.12. The number of carbonyl (C=O) groups excluding carboxylic acids is 2. The van der Waals surface area contributed by atoms with Crippen LogP contribution < -0.4 is 10.6 Å². The quantitative estimate of drug-likeness (QED) is 0.759. The molecule has 3 rings (SSSR count). The Morgan fingerprint density at radius 2 is 1.56 bits per heavy atom. The first-order valence-electron chi connectivity index (χ1n) is 7.74. The lowest BCUT2D eigenvalue weighted by Gasteiger charge is -2.07. The van der Waals surface area contributed by atoms with E-state index < -0.39 is 0 Å². The molecule has 25 heavy (non-hydrogen) atoms. The minimum Gasteiger partial charge on any atom is -0.360 e. The Hall–Kier alpha value is -3.41. The van der Waals surface area contributed by atoms with E-state index in [-0.39, 0.29) is 11.8 Å². The zero-order chi connectivity index (χ0) is 17.8. The van der Waals surface area contributed by atoms with Crippen molar-refractivity contribution in [3.05, 3.63) is 77.0 Å². The van der Waals surface area contributed by atoms with Gasteiger partial charge in [0.25, 0.3) is 11.8 Å². The average molecular weight is 335 g/mol. The Morgan fingerprint density at radius 1 is 0.880 bits per heavy atom. The number of carbonyl (C=O) groups is 2. The van der Waals surface area contributed by atoms with E-state index in [0.29, 0.717) is 28.4 Å². The number of aryl methyl sites for hydroxylation is 2. The Morgan fingerprint density at radius 3 is 2.20 bits per heavy atom. The van der Waals surface area contributed by atoms with Gasteiger partial charge in [0, 0.05) is 22.9 Å².